The van der Waals surface area contributed by atoms with Crippen molar-refractivity contribution in [3.63, 3.8) is 0 Å². The molecule has 2 heteroatoms. The van der Waals surface area contributed by atoms with E-state index in [-0.39, 0.29) is 5.60 Å². The molecule has 36 valence electrons. The predicted molar refractivity (Wildman–Crippen MR) is 22.3 cm³/mol. The van der Waals surface area contributed by atoms with E-state index in [2.05, 4.69) is 5.32 Å². The van der Waals surface area contributed by atoms with Gasteiger partial charge < -0.3 is 10.4 Å². The highest BCUT2D eigenvalue weighted by Crippen LogP contribution is 1.98. The summed E-state index contributed by atoms with van der Waals surface area (Å²) in [5.74, 6) is 0. The summed E-state index contributed by atoms with van der Waals surface area (Å²) in [5.41, 5.74) is -0.333. The molecule has 2 nitrogen and oxygen atoms in total. The van der Waals surface area contributed by atoms with Gasteiger partial charge in [0.05, 0.1) is 0 Å². The van der Waals surface area contributed by atoms with E-state index in [9.17, 15) is 0 Å². The standard InChI is InChI=1S/C4H9NO/c1-4(6)2-5-3-4/h5-6H,2-3H2,1H3/p+1. The van der Waals surface area contributed by atoms with Gasteiger partial charge in [-0.05, 0) is 6.92 Å². The number of rotatable bonds is 0. The van der Waals surface area contributed by atoms with Crippen LogP contribution in [-0.4, -0.2) is 23.8 Å². The maximum absolute atomic E-state index is 8.88. The first kappa shape index (κ1) is 4.09. The summed E-state index contributed by atoms with van der Waals surface area (Å²) in [6.07, 6.45) is 0. The quantitative estimate of drug-likeness (QED) is 0.364. The van der Waals surface area contributed by atoms with Crippen molar-refractivity contribution in [2.45, 2.75) is 12.5 Å². The zero-order chi connectivity index (χ0) is 4.62. The molecule has 1 rings (SSSR count). The van der Waals surface area contributed by atoms with E-state index in [4.69, 9.17) is 5.11 Å². The minimum Gasteiger partial charge on any atom is -0.379 e. The third-order valence-electron chi connectivity index (χ3n) is 1.17. The van der Waals surface area contributed by atoms with Crippen molar-refractivity contribution in [3.8, 4) is 0 Å². The molecule has 1 aliphatic rings. The van der Waals surface area contributed by atoms with E-state index in [0.29, 0.717) is 0 Å². The molecule has 0 atom stereocenters. The van der Waals surface area contributed by atoms with E-state index in [1.54, 1.807) is 0 Å². The lowest BCUT2D eigenvalue weighted by Gasteiger charge is -2.28. The molecule has 1 fully saturated rings. The molecule has 6 heavy (non-hydrogen) atoms. The second-order valence-electron chi connectivity index (χ2n) is 2.19. The Hall–Kier alpha value is -0.0800. The topological polar surface area (TPSA) is 36.8 Å². The second-order valence-corrected chi connectivity index (χ2v) is 2.19. The van der Waals surface area contributed by atoms with Gasteiger partial charge in [0, 0.05) is 0 Å². The molecular weight excluding hydrogens is 78.0 g/mol. The van der Waals surface area contributed by atoms with Crippen molar-refractivity contribution in [1.29, 1.82) is 0 Å². The number of aliphatic hydroxyl groups is 1. The molecule has 0 saturated carbocycles. The van der Waals surface area contributed by atoms with Crippen LogP contribution in [0.25, 0.3) is 0 Å². The Morgan fingerprint density at radius 3 is 2.00 bits per heavy atom. The molecule has 1 heterocycles. The molecule has 0 radical (unpaired) electrons. The van der Waals surface area contributed by atoms with E-state index in [0.717, 1.165) is 13.1 Å². The summed E-state index contributed by atoms with van der Waals surface area (Å²) in [6.45, 7) is 3.62. The van der Waals surface area contributed by atoms with Gasteiger partial charge in [-0.15, -0.1) is 0 Å². The fourth-order valence-corrected chi connectivity index (χ4v) is 0.562. The highest BCUT2D eigenvalue weighted by molar-refractivity contribution is 4.73. The van der Waals surface area contributed by atoms with Crippen molar-refractivity contribution in [2.24, 2.45) is 0 Å². The SMILES string of the molecule is CC1(O)C[NH2+]C1. The average Bonchev–Trinajstić information content (AvgIpc) is 1.32. The Morgan fingerprint density at radius 2 is 2.00 bits per heavy atom. The van der Waals surface area contributed by atoms with Crippen LogP contribution < -0.4 is 5.32 Å². The Balaban J connectivity index is 2.31. The van der Waals surface area contributed by atoms with Crippen LogP contribution in [0.3, 0.4) is 0 Å². The van der Waals surface area contributed by atoms with E-state index in [1.807, 2.05) is 6.92 Å². The van der Waals surface area contributed by atoms with Crippen LogP contribution in [0.1, 0.15) is 6.92 Å². The van der Waals surface area contributed by atoms with Crippen molar-refractivity contribution in [3.05, 3.63) is 0 Å². The van der Waals surface area contributed by atoms with Crippen molar-refractivity contribution in [1.82, 2.24) is 0 Å². The Bertz CT molecular complexity index is 54.6. The van der Waals surface area contributed by atoms with E-state index < -0.39 is 0 Å². The summed E-state index contributed by atoms with van der Waals surface area (Å²) in [7, 11) is 0. The molecule has 1 aliphatic heterocycles. The van der Waals surface area contributed by atoms with Gasteiger partial charge in [0.25, 0.3) is 0 Å². The lowest BCUT2D eigenvalue weighted by atomic mass is 10.0. The number of nitrogens with two attached hydrogens (primary N) is 1. The van der Waals surface area contributed by atoms with Gasteiger partial charge in [-0.2, -0.15) is 0 Å². The lowest BCUT2D eigenvalue weighted by molar-refractivity contribution is -0.740. The number of hydrogen-bond donors (Lipinski definition) is 2. The van der Waals surface area contributed by atoms with Gasteiger partial charge in [-0.25, -0.2) is 0 Å². The Labute approximate surface area is 37.2 Å². The number of hydrogen-bond acceptors (Lipinski definition) is 1. The Morgan fingerprint density at radius 1 is 1.67 bits per heavy atom. The summed E-state index contributed by atoms with van der Waals surface area (Å²) in [5, 5.41) is 11.0. The number of quaternary nitrogens is 1. The molecule has 1 saturated heterocycles. The van der Waals surface area contributed by atoms with Crippen LogP contribution in [0.15, 0.2) is 0 Å². The van der Waals surface area contributed by atoms with Gasteiger partial charge in [-0.1, -0.05) is 0 Å². The smallest absolute Gasteiger partial charge is 0.159 e. The zero-order valence-electron chi connectivity index (χ0n) is 3.94. The van der Waals surface area contributed by atoms with Crippen LogP contribution in [0.4, 0.5) is 0 Å². The second kappa shape index (κ2) is 0.950. The van der Waals surface area contributed by atoms with E-state index >= 15 is 0 Å². The fraction of sp³-hybridized carbons (Fsp3) is 1.00. The third-order valence-corrected chi connectivity index (χ3v) is 1.17. The largest absolute Gasteiger partial charge is 0.379 e. The molecule has 0 bridgehead atoms. The van der Waals surface area contributed by atoms with Crippen LogP contribution >= 0.6 is 0 Å². The lowest BCUT2D eigenvalue weighted by Crippen LogP contribution is -3.02. The van der Waals surface area contributed by atoms with Gasteiger partial charge >= 0.3 is 0 Å². The van der Waals surface area contributed by atoms with Crippen LogP contribution in [0, 0.1) is 0 Å². The summed E-state index contributed by atoms with van der Waals surface area (Å²) in [6, 6.07) is 0. The molecule has 0 aromatic carbocycles. The minimum absolute atomic E-state index is 0.333. The van der Waals surface area contributed by atoms with Crippen molar-refractivity contribution < 1.29 is 10.4 Å². The van der Waals surface area contributed by atoms with Gasteiger partial charge in [0.2, 0.25) is 0 Å². The van der Waals surface area contributed by atoms with Crippen LogP contribution in [-0.2, 0) is 0 Å². The highest BCUT2D eigenvalue weighted by atomic mass is 16.3. The monoisotopic (exact) mass is 88.1 g/mol. The third kappa shape index (κ3) is 0.533. The summed E-state index contributed by atoms with van der Waals surface area (Å²) in [4.78, 5) is 0. The van der Waals surface area contributed by atoms with Gasteiger partial charge in [-0.3, -0.25) is 0 Å². The maximum atomic E-state index is 8.88. The molecule has 0 aromatic rings. The first-order valence-electron chi connectivity index (χ1n) is 2.25. The molecule has 0 aliphatic carbocycles. The van der Waals surface area contributed by atoms with Gasteiger partial charge in [0.15, 0.2) is 5.60 Å². The zero-order valence-corrected chi connectivity index (χ0v) is 3.94. The molecule has 0 spiro atoms. The molecule has 3 N–H and O–H groups in total. The van der Waals surface area contributed by atoms with Crippen molar-refractivity contribution in [2.75, 3.05) is 13.1 Å². The molecule has 0 unspecified atom stereocenters. The average molecular weight is 88.1 g/mol. The maximum Gasteiger partial charge on any atom is 0.159 e. The molecule has 0 aromatic heterocycles. The van der Waals surface area contributed by atoms with Crippen LogP contribution in [0.2, 0.25) is 0 Å². The molecule has 0 amide bonds. The first-order valence-corrected chi connectivity index (χ1v) is 2.25. The predicted octanol–water partition coefficient (Wildman–Crippen LogP) is -1.69. The highest BCUT2D eigenvalue weighted by Gasteiger charge is 2.33. The summed E-state index contributed by atoms with van der Waals surface area (Å²) >= 11 is 0. The van der Waals surface area contributed by atoms with Gasteiger partial charge in [0.1, 0.15) is 13.1 Å². The molecular formula is C4H10NO+. The van der Waals surface area contributed by atoms with E-state index in [1.165, 1.54) is 0 Å². The normalized spacial score (nSPS) is 29.0. The Kier molecular flexibility index (Phi) is 0.648. The summed E-state index contributed by atoms with van der Waals surface area (Å²) < 4.78 is 0. The minimum atomic E-state index is -0.333. The van der Waals surface area contributed by atoms with Crippen molar-refractivity contribution >= 4 is 0 Å². The van der Waals surface area contributed by atoms with Crippen LogP contribution in [0.5, 0.6) is 0 Å². The first-order chi connectivity index (χ1) is 2.71. The fourth-order valence-electron chi connectivity index (χ4n) is 0.562.